The van der Waals surface area contributed by atoms with Gasteiger partial charge in [0.1, 0.15) is 0 Å². The second-order valence-electron chi connectivity index (χ2n) is 4.40. The smallest absolute Gasteiger partial charge is 0.0548 e. The van der Waals surface area contributed by atoms with Gasteiger partial charge in [-0.3, -0.25) is 0 Å². The van der Waals surface area contributed by atoms with Gasteiger partial charge in [-0.1, -0.05) is 45.7 Å². The molecule has 0 aliphatic carbocycles. The van der Waals surface area contributed by atoms with E-state index in [0.29, 0.717) is 6.04 Å². The molecular weight excluding hydrogens is 389 g/mol. The van der Waals surface area contributed by atoms with Crippen LogP contribution in [0, 0.1) is 0 Å². The van der Waals surface area contributed by atoms with E-state index in [2.05, 4.69) is 68.4 Å². The molecule has 2 aromatic rings. The Hall–Kier alpha value is -0.350. The fourth-order valence-electron chi connectivity index (χ4n) is 1.79. The summed E-state index contributed by atoms with van der Waals surface area (Å²) in [6.07, 6.45) is 0. The molecule has 0 fully saturated rings. The van der Waals surface area contributed by atoms with Crippen LogP contribution < -0.4 is 5.32 Å². The minimum Gasteiger partial charge on any atom is -0.306 e. The average Bonchev–Trinajstić information content (AvgIpc) is 2.40. The van der Waals surface area contributed by atoms with Gasteiger partial charge >= 0.3 is 0 Å². The number of nitrogens with one attached hydrogen (secondary N) is 1. The zero-order valence-electron chi connectivity index (χ0n) is 10.5. The Kier molecular flexibility index (Phi) is 5.46. The lowest BCUT2D eigenvalue weighted by molar-refractivity contribution is 0.574. The first-order chi connectivity index (χ1) is 9.06. The van der Waals surface area contributed by atoms with E-state index in [9.17, 15) is 0 Å². The van der Waals surface area contributed by atoms with E-state index in [4.69, 9.17) is 11.6 Å². The highest BCUT2D eigenvalue weighted by molar-refractivity contribution is 9.10. The molecule has 0 aliphatic heterocycles. The quantitative estimate of drug-likeness (QED) is 0.689. The molecule has 1 nitrogen and oxygen atoms in total. The first kappa shape index (κ1) is 15.0. The first-order valence-electron chi connectivity index (χ1n) is 5.99. The number of rotatable bonds is 4. The summed E-state index contributed by atoms with van der Waals surface area (Å²) >= 11 is 12.9. The van der Waals surface area contributed by atoms with E-state index in [1.165, 1.54) is 11.1 Å². The van der Waals surface area contributed by atoms with Crippen molar-refractivity contribution in [3.8, 4) is 0 Å². The summed E-state index contributed by atoms with van der Waals surface area (Å²) in [6.45, 7) is 2.97. The first-order valence-corrected chi connectivity index (χ1v) is 7.95. The van der Waals surface area contributed by atoms with Crippen molar-refractivity contribution >= 4 is 43.5 Å². The molecule has 0 radical (unpaired) electrons. The summed E-state index contributed by atoms with van der Waals surface area (Å²) < 4.78 is 2.04. The molecule has 0 aliphatic rings. The highest BCUT2D eigenvalue weighted by atomic mass is 79.9. The number of hydrogen-bond donors (Lipinski definition) is 1. The summed E-state index contributed by atoms with van der Waals surface area (Å²) in [5.74, 6) is 0. The van der Waals surface area contributed by atoms with Crippen LogP contribution in [0.15, 0.2) is 51.4 Å². The van der Waals surface area contributed by atoms with Crippen LogP contribution in [0.25, 0.3) is 0 Å². The highest BCUT2D eigenvalue weighted by Gasteiger charge is 2.05. The monoisotopic (exact) mass is 401 g/mol. The Morgan fingerprint density at radius 1 is 1.11 bits per heavy atom. The van der Waals surface area contributed by atoms with Gasteiger partial charge in [0.25, 0.3) is 0 Å². The van der Waals surface area contributed by atoms with Gasteiger partial charge in [-0.05, 0) is 58.2 Å². The molecule has 1 N–H and O–H groups in total. The standard InChI is InChI=1S/C15H14Br2ClN/c1-10(12-3-5-13(16)6-4-12)19-9-11-2-7-15(18)14(17)8-11/h2-8,10,19H,9H2,1H3/t10-/m1/s1. The molecule has 1 atom stereocenters. The molecule has 0 aromatic heterocycles. The van der Waals surface area contributed by atoms with Gasteiger partial charge in [-0.25, -0.2) is 0 Å². The largest absolute Gasteiger partial charge is 0.306 e. The second-order valence-corrected chi connectivity index (χ2v) is 6.58. The maximum atomic E-state index is 5.98. The highest BCUT2D eigenvalue weighted by Crippen LogP contribution is 2.23. The number of benzene rings is 2. The van der Waals surface area contributed by atoms with E-state index >= 15 is 0 Å². The van der Waals surface area contributed by atoms with Crippen molar-refractivity contribution in [2.75, 3.05) is 0 Å². The van der Waals surface area contributed by atoms with Crippen LogP contribution in [0.2, 0.25) is 5.02 Å². The molecule has 4 heteroatoms. The number of hydrogen-bond acceptors (Lipinski definition) is 1. The van der Waals surface area contributed by atoms with Crippen molar-refractivity contribution in [3.05, 3.63) is 67.6 Å². The third-order valence-electron chi connectivity index (χ3n) is 2.97. The Balaban J connectivity index is 1.98. The Bertz CT molecular complexity index is 555. The zero-order valence-corrected chi connectivity index (χ0v) is 14.4. The fraction of sp³-hybridized carbons (Fsp3) is 0.200. The molecule has 0 amide bonds. The molecule has 0 bridgehead atoms. The van der Waals surface area contributed by atoms with Crippen molar-refractivity contribution in [2.45, 2.75) is 19.5 Å². The van der Waals surface area contributed by atoms with E-state index < -0.39 is 0 Å². The zero-order chi connectivity index (χ0) is 13.8. The second kappa shape index (κ2) is 6.89. The van der Waals surface area contributed by atoms with Crippen LogP contribution in [0.4, 0.5) is 0 Å². The average molecular weight is 404 g/mol. The minimum atomic E-state index is 0.308. The van der Waals surface area contributed by atoms with Crippen LogP contribution in [0.3, 0.4) is 0 Å². The van der Waals surface area contributed by atoms with Crippen molar-refractivity contribution in [1.29, 1.82) is 0 Å². The predicted molar refractivity (Wildman–Crippen MR) is 88.5 cm³/mol. The van der Waals surface area contributed by atoms with Crippen molar-refractivity contribution in [3.63, 3.8) is 0 Å². The maximum absolute atomic E-state index is 5.98. The molecule has 2 rings (SSSR count). The lowest BCUT2D eigenvalue weighted by Gasteiger charge is -2.14. The third kappa shape index (κ3) is 4.32. The normalized spacial score (nSPS) is 12.4. The van der Waals surface area contributed by atoms with E-state index in [-0.39, 0.29) is 0 Å². The SMILES string of the molecule is C[C@@H](NCc1ccc(Cl)c(Br)c1)c1ccc(Br)cc1. The van der Waals surface area contributed by atoms with E-state index in [0.717, 1.165) is 20.5 Å². The van der Waals surface area contributed by atoms with Gasteiger partial charge in [0.2, 0.25) is 0 Å². The van der Waals surface area contributed by atoms with Crippen LogP contribution in [0.1, 0.15) is 24.1 Å². The summed E-state index contributed by atoms with van der Waals surface area (Å²) in [4.78, 5) is 0. The summed E-state index contributed by atoms with van der Waals surface area (Å²) in [5.41, 5.74) is 2.48. The van der Waals surface area contributed by atoms with Crippen molar-refractivity contribution in [1.82, 2.24) is 5.32 Å². The van der Waals surface area contributed by atoms with Gasteiger partial charge < -0.3 is 5.32 Å². The topological polar surface area (TPSA) is 12.0 Å². The molecule has 19 heavy (non-hydrogen) atoms. The molecule has 100 valence electrons. The Morgan fingerprint density at radius 3 is 2.42 bits per heavy atom. The fourth-order valence-corrected chi connectivity index (χ4v) is 2.60. The lowest BCUT2D eigenvalue weighted by atomic mass is 10.1. The molecule has 0 heterocycles. The van der Waals surface area contributed by atoms with Crippen molar-refractivity contribution in [2.24, 2.45) is 0 Å². The molecule has 0 spiro atoms. The summed E-state index contributed by atoms with van der Waals surface area (Å²) in [6, 6.07) is 14.7. The molecule has 0 saturated heterocycles. The molecule has 0 unspecified atom stereocenters. The van der Waals surface area contributed by atoms with Crippen LogP contribution >= 0.6 is 43.5 Å². The maximum Gasteiger partial charge on any atom is 0.0548 e. The van der Waals surface area contributed by atoms with Gasteiger partial charge in [-0.15, -0.1) is 0 Å². The van der Waals surface area contributed by atoms with Gasteiger partial charge in [-0.2, -0.15) is 0 Å². The summed E-state index contributed by atoms with van der Waals surface area (Å²) in [7, 11) is 0. The number of halogens is 3. The van der Waals surface area contributed by atoms with Crippen molar-refractivity contribution < 1.29 is 0 Å². The molecule has 0 saturated carbocycles. The van der Waals surface area contributed by atoms with Gasteiger partial charge in [0.15, 0.2) is 0 Å². The van der Waals surface area contributed by atoms with E-state index in [1.54, 1.807) is 0 Å². The van der Waals surface area contributed by atoms with Crippen LogP contribution in [0.5, 0.6) is 0 Å². The Morgan fingerprint density at radius 2 is 1.79 bits per heavy atom. The van der Waals surface area contributed by atoms with Crippen LogP contribution in [-0.2, 0) is 6.54 Å². The molecule has 2 aromatic carbocycles. The summed E-state index contributed by atoms with van der Waals surface area (Å²) in [5, 5.41) is 4.24. The molecular formula is C15H14Br2ClN. The Labute approximate surface area is 135 Å². The third-order valence-corrected chi connectivity index (χ3v) is 4.71. The van der Waals surface area contributed by atoms with Crippen LogP contribution in [-0.4, -0.2) is 0 Å². The van der Waals surface area contributed by atoms with Gasteiger partial charge in [0, 0.05) is 21.5 Å². The minimum absolute atomic E-state index is 0.308. The predicted octanol–water partition coefficient (Wildman–Crippen LogP) is 5.72. The van der Waals surface area contributed by atoms with E-state index in [1.807, 2.05) is 18.2 Å². The van der Waals surface area contributed by atoms with Gasteiger partial charge in [0.05, 0.1) is 5.02 Å². The lowest BCUT2D eigenvalue weighted by Crippen LogP contribution is -2.17.